The van der Waals surface area contributed by atoms with Crippen LogP contribution in [0.4, 0.5) is 5.69 Å². The summed E-state index contributed by atoms with van der Waals surface area (Å²) in [5, 5.41) is 6.16. The van der Waals surface area contributed by atoms with Gasteiger partial charge in [-0.25, -0.2) is 0 Å². The number of rotatable bonds is 7. The minimum Gasteiger partial charge on any atom is -0.493 e. The summed E-state index contributed by atoms with van der Waals surface area (Å²) >= 11 is 0. The number of nitrogens with two attached hydrogens (primary N) is 1. The van der Waals surface area contributed by atoms with Crippen molar-refractivity contribution < 1.29 is 28.7 Å². The molecule has 0 unspecified atom stereocenters. The van der Waals surface area contributed by atoms with Gasteiger partial charge in [0.2, 0.25) is 23.6 Å². The SMILES string of the molecule is COc1ccc(CCN2C(=O)[C@@H]3[C@H](CC(N)=O)N[C@]4(C(=O)Nc5c4ccc(C)c5C)[C@@H]3C2=O)cc1OC. The van der Waals surface area contributed by atoms with Crippen molar-refractivity contribution in [2.45, 2.75) is 38.3 Å². The molecule has 37 heavy (non-hydrogen) atoms. The molecule has 2 aromatic carbocycles. The first-order valence-corrected chi connectivity index (χ1v) is 12.2. The molecular weight excluding hydrogens is 476 g/mol. The number of amides is 4. The number of aryl methyl sites for hydroxylation is 1. The van der Waals surface area contributed by atoms with Crippen LogP contribution >= 0.6 is 0 Å². The van der Waals surface area contributed by atoms with E-state index in [4.69, 9.17) is 15.2 Å². The van der Waals surface area contributed by atoms with E-state index in [2.05, 4.69) is 10.6 Å². The zero-order valence-corrected chi connectivity index (χ0v) is 21.2. The summed E-state index contributed by atoms with van der Waals surface area (Å²) in [5.74, 6) is -2.61. The lowest BCUT2D eigenvalue weighted by Gasteiger charge is -2.29. The molecule has 194 valence electrons. The summed E-state index contributed by atoms with van der Waals surface area (Å²) in [5.41, 5.74) is 8.04. The van der Waals surface area contributed by atoms with E-state index in [-0.39, 0.29) is 13.0 Å². The summed E-state index contributed by atoms with van der Waals surface area (Å²) in [6, 6.07) is 8.37. The number of imide groups is 1. The Labute approximate surface area is 214 Å². The summed E-state index contributed by atoms with van der Waals surface area (Å²) in [6.45, 7) is 3.96. The lowest BCUT2D eigenvalue weighted by molar-refractivity contribution is -0.142. The van der Waals surface area contributed by atoms with Gasteiger partial charge in [0.25, 0.3) is 0 Å². The van der Waals surface area contributed by atoms with Gasteiger partial charge < -0.3 is 20.5 Å². The summed E-state index contributed by atoms with van der Waals surface area (Å²) < 4.78 is 10.6. The van der Waals surface area contributed by atoms with Crippen molar-refractivity contribution in [1.29, 1.82) is 0 Å². The molecule has 1 spiro atoms. The molecule has 0 aromatic heterocycles. The smallest absolute Gasteiger partial charge is 0.250 e. The highest BCUT2D eigenvalue weighted by Crippen LogP contribution is 2.54. The zero-order chi connectivity index (χ0) is 26.6. The molecule has 3 heterocycles. The molecule has 10 heteroatoms. The number of nitrogens with one attached hydrogen (secondary N) is 2. The van der Waals surface area contributed by atoms with Crippen LogP contribution in [0.1, 0.15) is 28.7 Å². The van der Waals surface area contributed by atoms with Gasteiger partial charge in [0.05, 0.1) is 26.1 Å². The van der Waals surface area contributed by atoms with Gasteiger partial charge in [-0.15, -0.1) is 0 Å². The predicted molar refractivity (Wildman–Crippen MR) is 134 cm³/mol. The van der Waals surface area contributed by atoms with E-state index in [0.717, 1.165) is 16.7 Å². The first-order valence-electron chi connectivity index (χ1n) is 12.2. The average molecular weight is 507 g/mol. The molecule has 10 nitrogen and oxygen atoms in total. The lowest BCUT2D eigenvalue weighted by atomic mass is 9.76. The van der Waals surface area contributed by atoms with E-state index in [1.807, 2.05) is 32.0 Å². The van der Waals surface area contributed by atoms with Crippen LogP contribution in [0.25, 0.3) is 0 Å². The Hall–Kier alpha value is -3.92. The van der Waals surface area contributed by atoms with Crippen LogP contribution in [0.2, 0.25) is 0 Å². The maximum Gasteiger partial charge on any atom is 0.250 e. The molecule has 0 bridgehead atoms. The molecule has 2 aromatic rings. The van der Waals surface area contributed by atoms with Gasteiger partial charge >= 0.3 is 0 Å². The predicted octanol–water partition coefficient (Wildman–Crippen LogP) is 1.16. The van der Waals surface area contributed by atoms with Gasteiger partial charge in [-0.3, -0.25) is 29.4 Å². The van der Waals surface area contributed by atoms with Gasteiger partial charge in [-0.1, -0.05) is 18.2 Å². The zero-order valence-electron chi connectivity index (χ0n) is 21.2. The highest BCUT2D eigenvalue weighted by atomic mass is 16.5. The topological polar surface area (TPSA) is 140 Å². The number of carbonyl (C=O) groups excluding carboxylic acids is 4. The second kappa shape index (κ2) is 8.88. The molecule has 0 aliphatic carbocycles. The van der Waals surface area contributed by atoms with E-state index < -0.39 is 47.0 Å². The van der Waals surface area contributed by atoms with E-state index in [1.54, 1.807) is 19.2 Å². The number of primary amides is 1. The minimum absolute atomic E-state index is 0.126. The third kappa shape index (κ3) is 3.58. The van der Waals surface area contributed by atoms with Gasteiger partial charge in [-0.05, 0) is 49.1 Å². The number of hydrogen-bond acceptors (Lipinski definition) is 7. The molecule has 3 aliphatic heterocycles. The van der Waals surface area contributed by atoms with E-state index in [0.29, 0.717) is 29.2 Å². The van der Waals surface area contributed by atoms with E-state index in [9.17, 15) is 19.2 Å². The first kappa shape index (κ1) is 24.8. The number of carbonyl (C=O) groups is 4. The van der Waals surface area contributed by atoms with Crippen LogP contribution in [-0.2, 0) is 31.1 Å². The molecule has 2 saturated heterocycles. The molecular formula is C27H30N4O6. The monoisotopic (exact) mass is 506 g/mol. The van der Waals surface area contributed by atoms with Crippen LogP contribution < -0.4 is 25.8 Å². The second-order valence-corrected chi connectivity index (χ2v) is 9.88. The van der Waals surface area contributed by atoms with Crippen LogP contribution in [0.3, 0.4) is 0 Å². The molecule has 3 aliphatic rings. The maximum atomic E-state index is 13.9. The second-order valence-electron chi connectivity index (χ2n) is 9.88. The van der Waals surface area contributed by atoms with Crippen LogP contribution in [0, 0.1) is 25.7 Å². The van der Waals surface area contributed by atoms with Crippen molar-refractivity contribution in [2.75, 3.05) is 26.1 Å². The van der Waals surface area contributed by atoms with Crippen molar-refractivity contribution in [2.24, 2.45) is 17.6 Å². The average Bonchev–Trinajstić information content (AvgIpc) is 3.44. The first-order chi connectivity index (χ1) is 17.6. The molecule has 5 rings (SSSR count). The summed E-state index contributed by atoms with van der Waals surface area (Å²) in [4.78, 5) is 54.2. The minimum atomic E-state index is -1.45. The lowest BCUT2D eigenvalue weighted by Crippen LogP contribution is -2.53. The Kier molecular flexibility index (Phi) is 5.94. The molecule has 4 atom stereocenters. The van der Waals surface area contributed by atoms with Crippen molar-refractivity contribution in [3.8, 4) is 11.5 Å². The standard InChI is InChI=1S/C27H30N4O6/c1-13-5-7-16-23(14(13)2)29-26(35)27(16)22-21(17(30-27)12-20(28)32)24(33)31(25(22)34)10-9-15-6-8-18(36-3)19(11-15)37-4/h5-8,11,17,21-22,30H,9-10,12H2,1-4H3,(H2,28,32)(H,29,35)/t17-,21+,22-,27-/m0/s1. The molecule has 2 fully saturated rings. The van der Waals surface area contributed by atoms with Crippen molar-refractivity contribution in [1.82, 2.24) is 10.2 Å². The number of methoxy groups -OCH3 is 2. The van der Waals surface area contributed by atoms with Crippen molar-refractivity contribution >= 4 is 29.3 Å². The van der Waals surface area contributed by atoms with Crippen molar-refractivity contribution in [3.63, 3.8) is 0 Å². The van der Waals surface area contributed by atoms with Gasteiger partial charge in [0.15, 0.2) is 11.5 Å². The van der Waals surface area contributed by atoms with E-state index in [1.165, 1.54) is 12.0 Å². The van der Waals surface area contributed by atoms with E-state index >= 15 is 0 Å². The Balaban J connectivity index is 1.51. The normalized spacial score (nSPS) is 25.9. The molecule has 4 amide bonds. The third-order valence-electron chi connectivity index (χ3n) is 8.01. The number of benzene rings is 2. The van der Waals surface area contributed by atoms with Gasteiger partial charge in [0.1, 0.15) is 5.54 Å². The highest BCUT2D eigenvalue weighted by Gasteiger charge is 2.70. The fraction of sp³-hybridized carbons (Fsp3) is 0.407. The third-order valence-corrected chi connectivity index (χ3v) is 8.01. The summed E-state index contributed by atoms with van der Waals surface area (Å²) in [7, 11) is 3.08. The van der Waals surface area contributed by atoms with Crippen molar-refractivity contribution in [3.05, 3.63) is 52.6 Å². The number of fused-ring (bicyclic) bond motifs is 4. The van der Waals surface area contributed by atoms with Gasteiger partial charge in [0, 0.05) is 30.3 Å². The Morgan fingerprint density at radius 3 is 2.46 bits per heavy atom. The molecule has 0 radical (unpaired) electrons. The molecule has 4 N–H and O–H groups in total. The van der Waals surface area contributed by atoms with Gasteiger partial charge in [-0.2, -0.15) is 0 Å². The number of hydrogen-bond donors (Lipinski definition) is 3. The number of anilines is 1. The maximum absolute atomic E-state index is 13.9. The van der Waals surface area contributed by atoms with Crippen LogP contribution in [0.5, 0.6) is 11.5 Å². The fourth-order valence-electron chi connectivity index (χ4n) is 6.07. The molecule has 0 saturated carbocycles. The number of likely N-dealkylation sites (tertiary alicyclic amines) is 1. The highest BCUT2D eigenvalue weighted by molar-refractivity contribution is 6.15. The largest absolute Gasteiger partial charge is 0.493 e. The summed E-state index contributed by atoms with van der Waals surface area (Å²) in [6.07, 6.45) is 0.220. The Morgan fingerprint density at radius 1 is 1.05 bits per heavy atom. The van der Waals surface area contributed by atoms with Crippen LogP contribution in [-0.4, -0.2) is 55.3 Å². The number of nitrogens with zero attached hydrogens (tertiary/aromatic N) is 1. The Morgan fingerprint density at radius 2 is 1.78 bits per heavy atom. The fourth-order valence-corrected chi connectivity index (χ4v) is 6.07. The number of ether oxygens (including phenoxy) is 2. The van der Waals surface area contributed by atoms with Crippen LogP contribution in [0.15, 0.2) is 30.3 Å². The Bertz CT molecular complexity index is 1340. The quantitative estimate of drug-likeness (QED) is 0.479.